The Morgan fingerprint density at radius 3 is 2.62 bits per heavy atom. The number of hydrogen-bond donors (Lipinski definition) is 0. The minimum absolute atomic E-state index is 0.899. The molecule has 2 nitrogen and oxygen atoms in total. The predicted octanol–water partition coefficient (Wildman–Crippen LogP) is 2.35. The van der Waals surface area contributed by atoms with Gasteiger partial charge < -0.3 is 4.90 Å². The van der Waals surface area contributed by atoms with Crippen molar-refractivity contribution in [1.82, 2.24) is 9.80 Å². The summed E-state index contributed by atoms with van der Waals surface area (Å²) < 4.78 is 0. The van der Waals surface area contributed by atoms with Crippen LogP contribution in [0.25, 0.3) is 0 Å². The molecular formula is C14H26N2. The van der Waals surface area contributed by atoms with Crippen LogP contribution in [0.5, 0.6) is 0 Å². The lowest BCUT2D eigenvalue weighted by Crippen LogP contribution is -2.44. The van der Waals surface area contributed by atoms with E-state index in [1.165, 1.54) is 77.7 Å². The van der Waals surface area contributed by atoms with Crippen LogP contribution in [-0.4, -0.2) is 48.6 Å². The molecule has 2 heteroatoms. The highest BCUT2D eigenvalue weighted by Crippen LogP contribution is 2.32. The summed E-state index contributed by atoms with van der Waals surface area (Å²) >= 11 is 0. The van der Waals surface area contributed by atoms with E-state index in [1.54, 1.807) is 0 Å². The van der Waals surface area contributed by atoms with Crippen LogP contribution in [-0.2, 0) is 0 Å². The Balaban J connectivity index is 1.50. The molecule has 1 saturated carbocycles. The largest absolute Gasteiger partial charge is 0.302 e. The van der Waals surface area contributed by atoms with Crippen LogP contribution >= 0.6 is 0 Å². The second-order valence-corrected chi connectivity index (χ2v) is 6.07. The lowest BCUT2D eigenvalue weighted by molar-refractivity contribution is 0.136. The third-order valence-electron chi connectivity index (χ3n) is 4.69. The van der Waals surface area contributed by atoms with Gasteiger partial charge in [0, 0.05) is 12.6 Å². The normalized spacial score (nSPS) is 33.4. The SMILES string of the molecule is C1CCN2CCCN(CCC3CC3)CC2C1. The van der Waals surface area contributed by atoms with Gasteiger partial charge in [0.1, 0.15) is 0 Å². The Hall–Kier alpha value is -0.0800. The molecule has 16 heavy (non-hydrogen) atoms. The first-order chi connectivity index (χ1) is 7.92. The Morgan fingerprint density at radius 1 is 0.875 bits per heavy atom. The Kier molecular flexibility index (Phi) is 3.49. The van der Waals surface area contributed by atoms with Crippen molar-refractivity contribution in [2.45, 2.75) is 51.0 Å². The fourth-order valence-electron chi connectivity index (χ4n) is 3.42. The average Bonchev–Trinajstić information content (AvgIpc) is 3.13. The summed E-state index contributed by atoms with van der Waals surface area (Å²) in [7, 11) is 0. The van der Waals surface area contributed by atoms with Gasteiger partial charge in [-0.25, -0.2) is 0 Å². The van der Waals surface area contributed by atoms with Crippen LogP contribution in [0.1, 0.15) is 44.9 Å². The first-order valence-corrected chi connectivity index (χ1v) is 7.38. The zero-order chi connectivity index (χ0) is 10.8. The summed E-state index contributed by atoms with van der Waals surface area (Å²) in [6, 6.07) is 0.899. The Bertz CT molecular complexity index is 225. The molecule has 3 aliphatic rings. The van der Waals surface area contributed by atoms with E-state index in [9.17, 15) is 0 Å². The second kappa shape index (κ2) is 5.05. The van der Waals surface area contributed by atoms with Gasteiger partial charge in [-0.1, -0.05) is 19.3 Å². The highest BCUT2D eigenvalue weighted by atomic mass is 15.2. The summed E-state index contributed by atoms with van der Waals surface area (Å²) in [6.07, 6.45) is 10.3. The molecule has 0 spiro atoms. The van der Waals surface area contributed by atoms with Gasteiger partial charge in [-0.15, -0.1) is 0 Å². The number of rotatable bonds is 3. The van der Waals surface area contributed by atoms with Crippen molar-refractivity contribution >= 4 is 0 Å². The quantitative estimate of drug-likeness (QED) is 0.723. The van der Waals surface area contributed by atoms with Gasteiger partial charge in [-0.2, -0.15) is 0 Å². The molecule has 0 radical (unpaired) electrons. The molecular weight excluding hydrogens is 196 g/mol. The zero-order valence-corrected chi connectivity index (χ0v) is 10.5. The lowest BCUT2D eigenvalue weighted by Gasteiger charge is -2.35. The molecule has 2 saturated heterocycles. The van der Waals surface area contributed by atoms with Gasteiger partial charge >= 0.3 is 0 Å². The van der Waals surface area contributed by atoms with Gasteiger partial charge in [0.15, 0.2) is 0 Å². The summed E-state index contributed by atoms with van der Waals surface area (Å²) in [5, 5.41) is 0. The smallest absolute Gasteiger partial charge is 0.0223 e. The number of piperidine rings is 1. The maximum absolute atomic E-state index is 2.76. The molecule has 0 aromatic heterocycles. The molecule has 1 atom stereocenters. The first kappa shape index (κ1) is 11.0. The summed E-state index contributed by atoms with van der Waals surface area (Å²) in [4.78, 5) is 5.52. The zero-order valence-electron chi connectivity index (χ0n) is 10.5. The number of hydrogen-bond acceptors (Lipinski definition) is 2. The molecule has 1 aliphatic carbocycles. The minimum atomic E-state index is 0.899. The van der Waals surface area contributed by atoms with Crippen molar-refractivity contribution in [2.75, 3.05) is 32.7 Å². The van der Waals surface area contributed by atoms with E-state index in [0.29, 0.717) is 0 Å². The predicted molar refractivity (Wildman–Crippen MR) is 67.6 cm³/mol. The molecule has 2 heterocycles. The molecule has 0 aromatic rings. The molecule has 0 bridgehead atoms. The molecule has 3 rings (SSSR count). The van der Waals surface area contributed by atoms with Crippen molar-refractivity contribution < 1.29 is 0 Å². The molecule has 92 valence electrons. The molecule has 3 fully saturated rings. The van der Waals surface area contributed by atoms with Gasteiger partial charge in [0.25, 0.3) is 0 Å². The highest BCUT2D eigenvalue weighted by molar-refractivity contribution is 4.84. The van der Waals surface area contributed by atoms with E-state index < -0.39 is 0 Å². The monoisotopic (exact) mass is 222 g/mol. The fraction of sp³-hybridized carbons (Fsp3) is 1.00. The van der Waals surface area contributed by atoms with Crippen LogP contribution in [0.4, 0.5) is 0 Å². The fourth-order valence-corrected chi connectivity index (χ4v) is 3.42. The molecule has 0 aromatic carbocycles. The number of fused-ring (bicyclic) bond motifs is 1. The van der Waals surface area contributed by atoms with E-state index in [0.717, 1.165) is 12.0 Å². The summed E-state index contributed by atoms with van der Waals surface area (Å²) in [6.45, 7) is 6.85. The van der Waals surface area contributed by atoms with E-state index in [4.69, 9.17) is 0 Å². The third kappa shape index (κ3) is 2.78. The van der Waals surface area contributed by atoms with Crippen molar-refractivity contribution in [3.8, 4) is 0 Å². The van der Waals surface area contributed by atoms with Crippen molar-refractivity contribution in [3.63, 3.8) is 0 Å². The van der Waals surface area contributed by atoms with E-state index in [-0.39, 0.29) is 0 Å². The van der Waals surface area contributed by atoms with Crippen LogP contribution in [0.2, 0.25) is 0 Å². The average molecular weight is 222 g/mol. The van der Waals surface area contributed by atoms with Crippen LogP contribution in [0.3, 0.4) is 0 Å². The van der Waals surface area contributed by atoms with Gasteiger partial charge in [0.2, 0.25) is 0 Å². The number of nitrogens with zero attached hydrogens (tertiary/aromatic N) is 2. The summed E-state index contributed by atoms with van der Waals surface area (Å²) in [5.41, 5.74) is 0. The van der Waals surface area contributed by atoms with E-state index >= 15 is 0 Å². The topological polar surface area (TPSA) is 6.48 Å². The van der Waals surface area contributed by atoms with Gasteiger partial charge in [-0.3, -0.25) is 4.90 Å². The van der Waals surface area contributed by atoms with Crippen molar-refractivity contribution in [1.29, 1.82) is 0 Å². The second-order valence-electron chi connectivity index (χ2n) is 6.07. The van der Waals surface area contributed by atoms with Crippen LogP contribution in [0.15, 0.2) is 0 Å². The molecule has 1 unspecified atom stereocenters. The maximum Gasteiger partial charge on any atom is 0.0223 e. The van der Waals surface area contributed by atoms with E-state index in [1.807, 2.05) is 0 Å². The summed E-state index contributed by atoms with van der Waals surface area (Å²) in [5.74, 6) is 1.10. The van der Waals surface area contributed by atoms with Gasteiger partial charge in [0.05, 0.1) is 0 Å². The van der Waals surface area contributed by atoms with Crippen LogP contribution in [0, 0.1) is 5.92 Å². The minimum Gasteiger partial charge on any atom is -0.302 e. The molecule has 0 N–H and O–H groups in total. The molecule has 0 amide bonds. The van der Waals surface area contributed by atoms with Crippen LogP contribution < -0.4 is 0 Å². The van der Waals surface area contributed by atoms with Crippen molar-refractivity contribution in [2.24, 2.45) is 5.92 Å². The van der Waals surface area contributed by atoms with Crippen molar-refractivity contribution in [3.05, 3.63) is 0 Å². The first-order valence-electron chi connectivity index (χ1n) is 7.38. The molecule has 2 aliphatic heterocycles. The van der Waals surface area contributed by atoms with E-state index in [2.05, 4.69) is 9.80 Å². The Morgan fingerprint density at radius 2 is 1.75 bits per heavy atom. The maximum atomic E-state index is 2.76. The highest BCUT2D eigenvalue weighted by Gasteiger charge is 2.28. The lowest BCUT2D eigenvalue weighted by atomic mass is 10.0. The third-order valence-corrected chi connectivity index (χ3v) is 4.69. The Labute approximate surface area is 100.0 Å². The standard InChI is InChI=1S/C14H26N2/c1-2-9-16-10-3-8-15(12-14(16)4-1)11-7-13-5-6-13/h13-14H,1-12H2. The van der Waals surface area contributed by atoms with Gasteiger partial charge in [-0.05, 0) is 57.8 Å².